The Labute approximate surface area is 227 Å². The average molecular weight is 546 g/mol. The number of hydrogen-bond acceptors (Lipinski definition) is 4. The highest BCUT2D eigenvalue weighted by Crippen LogP contribution is 2.35. The van der Waals surface area contributed by atoms with E-state index in [1.165, 1.54) is 17.0 Å². The molecule has 37 heavy (non-hydrogen) atoms. The largest absolute Gasteiger partial charge is 0.457 e. The van der Waals surface area contributed by atoms with Crippen LogP contribution in [0.15, 0.2) is 72.8 Å². The molecule has 3 aromatic carbocycles. The van der Waals surface area contributed by atoms with Crippen LogP contribution in [0.4, 0.5) is 10.1 Å². The van der Waals surface area contributed by atoms with Crippen LogP contribution >= 0.6 is 24.0 Å². The lowest BCUT2D eigenvalue weighted by Gasteiger charge is -2.38. The topological polar surface area (TPSA) is 61.9 Å². The van der Waals surface area contributed by atoms with E-state index in [9.17, 15) is 14.0 Å². The van der Waals surface area contributed by atoms with Crippen LogP contribution in [-0.2, 0) is 9.59 Å². The zero-order valence-corrected chi connectivity index (χ0v) is 22.3. The fraction of sp³-hybridized carbons (Fsp3) is 0.286. The molecule has 0 bridgehead atoms. The van der Waals surface area contributed by atoms with E-state index in [2.05, 4.69) is 5.32 Å². The third-order valence-electron chi connectivity index (χ3n) is 6.15. The van der Waals surface area contributed by atoms with Crippen LogP contribution in [0.3, 0.4) is 0 Å². The zero-order valence-electron chi connectivity index (χ0n) is 20.7. The Morgan fingerprint density at radius 2 is 1.81 bits per heavy atom. The average Bonchev–Trinajstić information content (AvgIpc) is 2.88. The van der Waals surface area contributed by atoms with Crippen molar-refractivity contribution >= 4 is 41.5 Å². The first-order chi connectivity index (χ1) is 17.4. The predicted octanol–water partition coefficient (Wildman–Crippen LogP) is 5.48. The summed E-state index contributed by atoms with van der Waals surface area (Å²) in [7, 11) is 0. The van der Waals surface area contributed by atoms with E-state index in [0.29, 0.717) is 42.4 Å². The molecule has 2 amide bonds. The van der Waals surface area contributed by atoms with Crippen molar-refractivity contribution in [2.75, 3.05) is 30.4 Å². The van der Waals surface area contributed by atoms with Crippen molar-refractivity contribution < 1.29 is 18.7 Å². The van der Waals surface area contributed by atoms with Crippen LogP contribution in [-0.4, -0.2) is 48.3 Å². The number of nitrogens with zero attached hydrogens (tertiary/aromatic N) is 2. The Hall–Kier alpha value is -3.13. The Balaban J connectivity index is 0.00000380. The lowest BCUT2D eigenvalue weighted by molar-refractivity contribution is -0.135. The first-order valence-corrected chi connectivity index (χ1v) is 12.4. The van der Waals surface area contributed by atoms with Crippen LogP contribution in [0.5, 0.6) is 11.5 Å². The molecule has 0 radical (unpaired) electrons. The van der Waals surface area contributed by atoms with Gasteiger partial charge in [0.1, 0.15) is 29.2 Å². The molecule has 1 heterocycles. The van der Waals surface area contributed by atoms with Gasteiger partial charge in [0.15, 0.2) is 0 Å². The van der Waals surface area contributed by atoms with Gasteiger partial charge in [-0.05, 0) is 67.4 Å². The lowest BCUT2D eigenvalue weighted by atomic mass is 10.0. The molecule has 1 N–H and O–H groups in total. The van der Waals surface area contributed by atoms with E-state index in [1.807, 2.05) is 50.2 Å². The number of carbonyl (C=O) groups excluding carboxylic acids is 2. The second-order valence-electron chi connectivity index (χ2n) is 8.85. The first-order valence-electron chi connectivity index (χ1n) is 11.9. The summed E-state index contributed by atoms with van der Waals surface area (Å²) in [6, 6.07) is 19.5. The molecule has 1 unspecified atom stereocenters. The Bertz CT molecular complexity index is 1210. The molecular weight excluding hydrogens is 516 g/mol. The number of amides is 2. The summed E-state index contributed by atoms with van der Waals surface area (Å²) < 4.78 is 19.7. The van der Waals surface area contributed by atoms with Gasteiger partial charge in [-0.3, -0.25) is 14.5 Å². The van der Waals surface area contributed by atoms with Gasteiger partial charge in [-0.25, -0.2) is 4.39 Å². The normalized spacial score (nSPS) is 15.9. The molecular formula is C28H30Cl2FN3O3. The van der Waals surface area contributed by atoms with E-state index in [-0.39, 0.29) is 30.2 Å². The van der Waals surface area contributed by atoms with Gasteiger partial charge in [-0.1, -0.05) is 30.3 Å². The summed E-state index contributed by atoms with van der Waals surface area (Å²) in [5.41, 5.74) is 1.78. The van der Waals surface area contributed by atoms with Gasteiger partial charge in [0.2, 0.25) is 5.91 Å². The molecule has 0 aromatic heterocycles. The second-order valence-corrected chi connectivity index (χ2v) is 9.12. The summed E-state index contributed by atoms with van der Waals surface area (Å²) in [5, 5.41) is 3.32. The van der Waals surface area contributed by atoms with E-state index in [0.717, 1.165) is 5.56 Å². The minimum atomic E-state index is -0.998. The van der Waals surface area contributed by atoms with Crippen molar-refractivity contribution in [2.24, 2.45) is 0 Å². The quantitative estimate of drug-likeness (QED) is 0.399. The third-order valence-corrected chi connectivity index (χ3v) is 6.38. The number of carbonyl (C=O) groups is 2. The summed E-state index contributed by atoms with van der Waals surface area (Å²) in [6.07, 6.45) is 0. The van der Waals surface area contributed by atoms with Gasteiger partial charge >= 0.3 is 0 Å². The number of benzene rings is 3. The molecule has 0 aliphatic carbocycles. The number of halogens is 3. The summed E-state index contributed by atoms with van der Waals surface area (Å²) in [5.74, 6) is -0.119. The minimum absolute atomic E-state index is 0. The molecule has 4 rings (SSSR count). The van der Waals surface area contributed by atoms with Gasteiger partial charge in [0, 0.05) is 31.4 Å². The molecule has 2 atom stereocenters. The molecule has 3 aromatic rings. The van der Waals surface area contributed by atoms with Gasteiger partial charge in [0.05, 0.1) is 0 Å². The number of hydrogen-bond donors (Lipinski definition) is 1. The Morgan fingerprint density at radius 1 is 1.11 bits per heavy atom. The molecule has 9 heteroatoms. The Morgan fingerprint density at radius 3 is 2.43 bits per heavy atom. The summed E-state index contributed by atoms with van der Waals surface area (Å²) in [6.45, 7) is 5.51. The lowest BCUT2D eigenvalue weighted by Crippen LogP contribution is -2.55. The van der Waals surface area contributed by atoms with Gasteiger partial charge in [0.25, 0.3) is 5.91 Å². The predicted molar refractivity (Wildman–Crippen MR) is 146 cm³/mol. The van der Waals surface area contributed by atoms with E-state index in [4.69, 9.17) is 16.3 Å². The van der Waals surface area contributed by atoms with Crippen LogP contribution in [0, 0.1) is 12.7 Å². The molecule has 6 nitrogen and oxygen atoms in total. The highest BCUT2D eigenvalue weighted by molar-refractivity contribution is 6.30. The maximum atomic E-state index is 13.9. The molecule has 1 aliphatic rings. The van der Waals surface area contributed by atoms with Crippen molar-refractivity contribution in [1.29, 1.82) is 0 Å². The van der Waals surface area contributed by atoms with E-state index >= 15 is 0 Å². The van der Waals surface area contributed by atoms with Crippen molar-refractivity contribution in [3.63, 3.8) is 0 Å². The van der Waals surface area contributed by atoms with Crippen molar-refractivity contribution in [3.8, 4) is 11.5 Å². The monoisotopic (exact) mass is 545 g/mol. The number of piperazine rings is 1. The van der Waals surface area contributed by atoms with E-state index in [1.54, 1.807) is 29.2 Å². The summed E-state index contributed by atoms with van der Waals surface area (Å²) in [4.78, 5) is 30.4. The highest BCUT2D eigenvalue weighted by Gasteiger charge is 2.37. The highest BCUT2D eigenvalue weighted by atomic mass is 35.5. The van der Waals surface area contributed by atoms with Crippen LogP contribution in [0.25, 0.3) is 0 Å². The standard InChI is InChI=1S/C28H29ClFN3O3.ClH/c1-19-16-24(36-23-6-4-3-5-7-23)12-13-25(19)33(26(34)17-29)27(21-8-10-22(30)11-9-21)28(35)32-15-14-31-20(2)18-32;/h3-13,16,20,27,31H,14-15,17-18H2,1-2H3;1H/t20-,27?;/m1./s1. The molecule has 0 spiro atoms. The van der Waals surface area contributed by atoms with Crippen LogP contribution in [0.2, 0.25) is 0 Å². The van der Waals surface area contributed by atoms with Gasteiger partial charge in [-0.15, -0.1) is 24.0 Å². The number of alkyl halides is 1. The fourth-order valence-corrected chi connectivity index (χ4v) is 4.55. The van der Waals surface area contributed by atoms with E-state index < -0.39 is 17.8 Å². The maximum Gasteiger partial charge on any atom is 0.250 e. The molecule has 196 valence electrons. The number of anilines is 1. The molecule has 1 aliphatic heterocycles. The maximum absolute atomic E-state index is 13.9. The number of ether oxygens (including phenoxy) is 1. The minimum Gasteiger partial charge on any atom is -0.457 e. The van der Waals surface area contributed by atoms with Gasteiger partial charge in [-0.2, -0.15) is 0 Å². The SMILES string of the molecule is Cc1cc(Oc2ccccc2)ccc1N(C(=O)CCl)C(C(=O)N1CCN[C@H](C)C1)c1ccc(F)cc1.Cl. The molecule has 1 saturated heterocycles. The van der Waals surface area contributed by atoms with Crippen molar-refractivity contribution in [1.82, 2.24) is 10.2 Å². The van der Waals surface area contributed by atoms with Crippen molar-refractivity contribution in [2.45, 2.75) is 25.9 Å². The van der Waals surface area contributed by atoms with Crippen LogP contribution in [0.1, 0.15) is 24.1 Å². The molecule has 1 fully saturated rings. The smallest absolute Gasteiger partial charge is 0.250 e. The molecule has 0 saturated carbocycles. The number of aryl methyl sites for hydroxylation is 1. The third kappa shape index (κ3) is 6.80. The fourth-order valence-electron chi connectivity index (χ4n) is 4.42. The van der Waals surface area contributed by atoms with Crippen molar-refractivity contribution in [3.05, 3.63) is 89.7 Å². The van der Waals surface area contributed by atoms with Gasteiger partial charge < -0.3 is 15.0 Å². The number of para-hydroxylation sites is 1. The number of nitrogens with one attached hydrogen (secondary N) is 1. The second kappa shape index (κ2) is 12.9. The number of rotatable bonds is 7. The first kappa shape index (κ1) is 28.4. The summed E-state index contributed by atoms with van der Waals surface area (Å²) >= 11 is 6.05. The van der Waals surface area contributed by atoms with Crippen LogP contribution < -0.4 is 15.0 Å². The zero-order chi connectivity index (χ0) is 25.7. The Kier molecular flexibility index (Phi) is 9.92.